The first-order valence-electron chi connectivity index (χ1n) is 12.3. The second kappa shape index (κ2) is 12.0. The number of hydrogen-bond donors (Lipinski definition) is 4. The zero-order valence-electron chi connectivity index (χ0n) is 20.6. The van der Waals surface area contributed by atoms with Gasteiger partial charge in [-0.1, -0.05) is 36.4 Å². The number of rotatable bonds is 8. The highest BCUT2D eigenvalue weighted by atomic mass is 19.4. The number of amides is 2. The third kappa shape index (κ3) is 7.23. The van der Waals surface area contributed by atoms with E-state index < -0.39 is 17.7 Å². The number of benzene rings is 3. The fourth-order valence-electron chi connectivity index (χ4n) is 4.41. The van der Waals surface area contributed by atoms with Crippen LogP contribution in [0.3, 0.4) is 0 Å². The molecule has 198 valence electrons. The molecule has 2 unspecified atom stereocenters. The van der Waals surface area contributed by atoms with Crippen LogP contribution in [0, 0.1) is 0 Å². The summed E-state index contributed by atoms with van der Waals surface area (Å²) < 4.78 is 38.6. The largest absolute Gasteiger partial charge is 0.416 e. The molecule has 5 N–H and O–H groups in total. The lowest BCUT2D eigenvalue weighted by Gasteiger charge is -2.21. The number of nitrogen functional groups attached to an aromatic ring is 1. The first kappa shape index (κ1) is 26.9. The van der Waals surface area contributed by atoms with Crippen LogP contribution in [0.1, 0.15) is 41.9 Å². The molecular weight excluding hydrogens is 493 g/mol. The second-order valence-corrected chi connectivity index (χ2v) is 9.22. The molecule has 6 nitrogen and oxygen atoms in total. The number of nitrogens with two attached hydrogens (primary N) is 1. The van der Waals surface area contributed by atoms with Crippen molar-refractivity contribution < 1.29 is 22.8 Å². The summed E-state index contributed by atoms with van der Waals surface area (Å²) in [5.74, 6) is -1.12. The Balaban J connectivity index is 1.45. The zero-order valence-corrected chi connectivity index (χ0v) is 20.6. The SMILES string of the molecule is Nc1ccccc1NC(=O)C=Cc1ccc(C(CC2CCCN2)C(=O)Nc2ccc(C(F)(F)F)cc2)cc1. The van der Waals surface area contributed by atoms with Gasteiger partial charge in [0.05, 0.1) is 22.9 Å². The fraction of sp³-hybridized carbons (Fsp3) is 0.241. The van der Waals surface area contributed by atoms with Gasteiger partial charge in [-0.2, -0.15) is 13.2 Å². The summed E-state index contributed by atoms with van der Waals surface area (Å²) >= 11 is 0. The van der Waals surface area contributed by atoms with Crippen molar-refractivity contribution >= 4 is 35.0 Å². The van der Waals surface area contributed by atoms with Crippen LogP contribution >= 0.6 is 0 Å². The topological polar surface area (TPSA) is 96.2 Å². The lowest BCUT2D eigenvalue weighted by Crippen LogP contribution is -2.29. The Kier molecular flexibility index (Phi) is 8.48. The van der Waals surface area contributed by atoms with Gasteiger partial charge in [-0.05, 0) is 79.4 Å². The Bertz CT molecular complexity index is 1280. The lowest BCUT2D eigenvalue weighted by molar-refractivity contribution is -0.137. The Morgan fingerprint density at radius 3 is 2.34 bits per heavy atom. The van der Waals surface area contributed by atoms with E-state index in [-0.39, 0.29) is 17.9 Å². The van der Waals surface area contributed by atoms with Crippen LogP contribution in [0.2, 0.25) is 0 Å². The minimum atomic E-state index is -4.44. The monoisotopic (exact) mass is 522 g/mol. The van der Waals surface area contributed by atoms with Crippen molar-refractivity contribution in [3.63, 3.8) is 0 Å². The summed E-state index contributed by atoms with van der Waals surface area (Å²) in [5, 5.41) is 8.89. The molecule has 1 fully saturated rings. The van der Waals surface area contributed by atoms with Gasteiger partial charge in [0.25, 0.3) is 0 Å². The van der Waals surface area contributed by atoms with Crippen LogP contribution in [0.25, 0.3) is 6.08 Å². The molecule has 0 radical (unpaired) electrons. The van der Waals surface area contributed by atoms with E-state index in [1.807, 2.05) is 24.3 Å². The molecule has 1 aliphatic rings. The summed E-state index contributed by atoms with van der Waals surface area (Å²) in [6, 6.07) is 18.9. The molecule has 2 atom stereocenters. The average molecular weight is 523 g/mol. The maximum atomic E-state index is 13.2. The molecule has 3 aromatic rings. The van der Waals surface area contributed by atoms with Crippen molar-refractivity contribution in [3.05, 3.63) is 95.6 Å². The van der Waals surface area contributed by atoms with Gasteiger partial charge in [0.1, 0.15) is 0 Å². The maximum absolute atomic E-state index is 13.2. The molecule has 1 aliphatic heterocycles. The number of carbonyl (C=O) groups excluding carboxylic acids is 2. The Hall–Kier alpha value is -4.11. The van der Waals surface area contributed by atoms with Crippen LogP contribution in [0.15, 0.2) is 78.9 Å². The van der Waals surface area contributed by atoms with Crippen LogP contribution in [-0.4, -0.2) is 24.4 Å². The molecule has 0 spiro atoms. The highest BCUT2D eigenvalue weighted by Gasteiger charge is 2.30. The van der Waals surface area contributed by atoms with Crippen molar-refractivity contribution in [2.24, 2.45) is 0 Å². The number of nitrogens with one attached hydrogen (secondary N) is 3. The van der Waals surface area contributed by atoms with Gasteiger partial charge >= 0.3 is 6.18 Å². The Morgan fingerprint density at radius 1 is 1.00 bits per heavy atom. The smallest absolute Gasteiger partial charge is 0.397 e. The predicted octanol–water partition coefficient (Wildman–Crippen LogP) is 5.80. The molecule has 2 amide bonds. The van der Waals surface area contributed by atoms with Gasteiger partial charge < -0.3 is 21.7 Å². The molecule has 1 heterocycles. The van der Waals surface area contributed by atoms with Crippen molar-refractivity contribution in [2.45, 2.75) is 37.4 Å². The van der Waals surface area contributed by atoms with E-state index in [4.69, 9.17) is 5.73 Å². The van der Waals surface area contributed by atoms with Crippen molar-refractivity contribution in [3.8, 4) is 0 Å². The Labute approximate surface area is 219 Å². The molecule has 3 aromatic carbocycles. The molecule has 1 saturated heterocycles. The maximum Gasteiger partial charge on any atom is 0.416 e. The summed E-state index contributed by atoms with van der Waals surface area (Å²) in [4.78, 5) is 25.5. The minimum Gasteiger partial charge on any atom is -0.397 e. The average Bonchev–Trinajstić information content (AvgIpc) is 3.41. The van der Waals surface area contributed by atoms with Gasteiger partial charge in [-0.15, -0.1) is 0 Å². The van der Waals surface area contributed by atoms with Crippen LogP contribution in [0.5, 0.6) is 0 Å². The third-order valence-corrected chi connectivity index (χ3v) is 6.46. The molecule has 4 rings (SSSR count). The fourth-order valence-corrected chi connectivity index (χ4v) is 4.41. The number of anilines is 3. The molecular formula is C29H29F3N4O2. The predicted molar refractivity (Wildman–Crippen MR) is 143 cm³/mol. The molecule has 38 heavy (non-hydrogen) atoms. The van der Waals surface area contributed by atoms with Gasteiger partial charge in [0, 0.05) is 17.8 Å². The standard InChI is InChI=1S/C29H29F3N4O2/c30-29(31,32)21-12-14-22(15-13-21)35-28(38)24(18-23-4-3-17-34-23)20-10-7-19(8-11-20)9-16-27(37)36-26-6-2-1-5-25(26)33/h1-2,5-16,23-24,34H,3-4,17-18,33H2,(H,35,38)(H,36,37). The van der Waals surface area contributed by atoms with Gasteiger partial charge in [0.15, 0.2) is 0 Å². The molecule has 0 aromatic heterocycles. The second-order valence-electron chi connectivity index (χ2n) is 9.22. The van der Waals surface area contributed by atoms with Crippen LogP contribution in [0.4, 0.5) is 30.2 Å². The number of hydrogen-bond acceptors (Lipinski definition) is 4. The Morgan fingerprint density at radius 2 is 1.71 bits per heavy atom. The first-order valence-corrected chi connectivity index (χ1v) is 12.3. The van der Waals surface area contributed by atoms with E-state index in [0.29, 0.717) is 23.5 Å². The minimum absolute atomic E-state index is 0.173. The van der Waals surface area contributed by atoms with Crippen LogP contribution in [-0.2, 0) is 15.8 Å². The lowest BCUT2D eigenvalue weighted by atomic mass is 9.90. The van der Waals surface area contributed by atoms with Crippen LogP contribution < -0.4 is 21.7 Å². The number of para-hydroxylation sites is 2. The van der Waals surface area contributed by atoms with Gasteiger partial charge in [-0.3, -0.25) is 9.59 Å². The highest BCUT2D eigenvalue weighted by molar-refractivity contribution is 6.03. The van der Waals surface area contributed by atoms with Gasteiger partial charge in [-0.25, -0.2) is 0 Å². The highest BCUT2D eigenvalue weighted by Crippen LogP contribution is 2.31. The third-order valence-electron chi connectivity index (χ3n) is 6.46. The number of halogens is 3. The number of carbonyl (C=O) groups is 2. The summed E-state index contributed by atoms with van der Waals surface area (Å²) in [7, 11) is 0. The summed E-state index contributed by atoms with van der Waals surface area (Å²) in [6.07, 6.45) is 1.16. The van der Waals surface area contributed by atoms with E-state index in [1.54, 1.807) is 30.3 Å². The van der Waals surface area contributed by atoms with Crippen molar-refractivity contribution in [1.82, 2.24) is 5.32 Å². The van der Waals surface area contributed by atoms with E-state index in [9.17, 15) is 22.8 Å². The van der Waals surface area contributed by atoms with E-state index in [0.717, 1.165) is 42.6 Å². The number of alkyl halides is 3. The molecule has 9 heteroatoms. The molecule has 0 bridgehead atoms. The van der Waals surface area contributed by atoms with E-state index in [1.165, 1.54) is 18.2 Å². The van der Waals surface area contributed by atoms with E-state index in [2.05, 4.69) is 16.0 Å². The zero-order chi connectivity index (χ0) is 27.1. The summed E-state index contributed by atoms with van der Waals surface area (Å²) in [6.45, 7) is 0.887. The first-order chi connectivity index (χ1) is 18.2. The van der Waals surface area contributed by atoms with Gasteiger partial charge in [0.2, 0.25) is 11.8 Å². The molecule has 0 saturated carbocycles. The molecule has 0 aliphatic carbocycles. The quantitative estimate of drug-likeness (QED) is 0.222. The normalized spacial score (nSPS) is 16.3. The van der Waals surface area contributed by atoms with Crippen molar-refractivity contribution in [1.29, 1.82) is 0 Å². The van der Waals surface area contributed by atoms with Crippen molar-refractivity contribution in [2.75, 3.05) is 22.9 Å². The van der Waals surface area contributed by atoms with E-state index >= 15 is 0 Å². The summed E-state index contributed by atoms with van der Waals surface area (Å²) in [5.41, 5.74) is 7.93.